The number of nitrogens with one attached hydrogen (secondary N) is 1. The SMILES string of the molecule is CCC=CCNC1CCC2(CC1)CCN(C(=O)OC(C)(C)C)CC2C. The van der Waals surface area contributed by atoms with Gasteiger partial charge in [-0.15, -0.1) is 0 Å². The third kappa shape index (κ3) is 5.73. The van der Waals surface area contributed by atoms with Crippen LogP contribution in [0.4, 0.5) is 4.79 Å². The molecular weight excluding hydrogens is 312 g/mol. The van der Waals surface area contributed by atoms with E-state index in [1.54, 1.807) is 0 Å². The van der Waals surface area contributed by atoms with E-state index in [-0.39, 0.29) is 6.09 Å². The molecule has 1 N–H and O–H groups in total. The Morgan fingerprint density at radius 1 is 1.24 bits per heavy atom. The second-order valence-corrected chi connectivity index (χ2v) is 9.00. The molecule has 0 aromatic carbocycles. The molecule has 4 nitrogen and oxygen atoms in total. The topological polar surface area (TPSA) is 41.6 Å². The molecule has 25 heavy (non-hydrogen) atoms. The number of allylic oxidation sites excluding steroid dienone is 1. The van der Waals surface area contributed by atoms with Gasteiger partial charge in [-0.25, -0.2) is 4.79 Å². The quantitative estimate of drug-likeness (QED) is 0.744. The highest BCUT2D eigenvalue weighted by Crippen LogP contribution is 2.48. The maximum absolute atomic E-state index is 12.3. The Kier molecular flexibility index (Phi) is 6.95. The molecule has 2 fully saturated rings. The number of piperidine rings is 1. The lowest BCUT2D eigenvalue weighted by molar-refractivity contribution is -0.0200. The molecule has 0 radical (unpaired) electrons. The molecule has 2 aliphatic rings. The standard InChI is InChI=1S/C21H38N2O2/c1-6-7-8-14-22-18-9-11-21(12-10-18)13-15-23(16-17(21)2)19(24)25-20(3,4)5/h7-8,17-18,22H,6,9-16H2,1-5H3. The number of hydrogen-bond acceptors (Lipinski definition) is 3. The molecule has 0 aromatic heterocycles. The van der Waals surface area contributed by atoms with Crippen LogP contribution in [0.2, 0.25) is 0 Å². The van der Waals surface area contributed by atoms with Crippen LogP contribution >= 0.6 is 0 Å². The predicted octanol–water partition coefficient (Wildman–Crippen LogP) is 4.75. The van der Waals surface area contributed by atoms with Crippen molar-refractivity contribution < 1.29 is 9.53 Å². The van der Waals surface area contributed by atoms with Gasteiger partial charge in [-0.05, 0) is 70.6 Å². The lowest BCUT2D eigenvalue weighted by Gasteiger charge is -2.50. The van der Waals surface area contributed by atoms with Crippen LogP contribution in [0.25, 0.3) is 0 Å². The summed E-state index contributed by atoms with van der Waals surface area (Å²) in [5.74, 6) is 0.551. The third-order valence-electron chi connectivity index (χ3n) is 5.98. The summed E-state index contributed by atoms with van der Waals surface area (Å²) < 4.78 is 5.55. The van der Waals surface area contributed by atoms with Gasteiger partial charge in [0.25, 0.3) is 0 Å². The summed E-state index contributed by atoms with van der Waals surface area (Å²) in [4.78, 5) is 14.3. The Labute approximate surface area is 154 Å². The summed E-state index contributed by atoms with van der Waals surface area (Å²) in [7, 11) is 0. The van der Waals surface area contributed by atoms with E-state index >= 15 is 0 Å². The highest BCUT2D eigenvalue weighted by atomic mass is 16.6. The van der Waals surface area contributed by atoms with E-state index in [1.165, 1.54) is 25.7 Å². The normalized spacial score (nSPS) is 30.8. The molecular formula is C21H38N2O2. The van der Waals surface area contributed by atoms with Gasteiger partial charge < -0.3 is 15.0 Å². The zero-order valence-corrected chi connectivity index (χ0v) is 16.9. The van der Waals surface area contributed by atoms with Gasteiger partial charge in [-0.1, -0.05) is 26.0 Å². The van der Waals surface area contributed by atoms with E-state index in [1.807, 2.05) is 25.7 Å². The van der Waals surface area contributed by atoms with Crippen molar-refractivity contribution in [2.75, 3.05) is 19.6 Å². The van der Waals surface area contributed by atoms with Crippen molar-refractivity contribution in [2.24, 2.45) is 11.3 Å². The Balaban J connectivity index is 1.81. The molecule has 1 unspecified atom stereocenters. The van der Waals surface area contributed by atoms with Gasteiger partial charge in [0.05, 0.1) is 0 Å². The van der Waals surface area contributed by atoms with Crippen molar-refractivity contribution in [3.63, 3.8) is 0 Å². The van der Waals surface area contributed by atoms with Crippen molar-refractivity contribution >= 4 is 6.09 Å². The number of ether oxygens (including phenoxy) is 1. The van der Waals surface area contributed by atoms with Gasteiger partial charge in [0.2, 0.25) is 0 Å². The van der Waals surface area contributed by atoms with Gasteiger partial charge in [0, 0.05) is 25.7 Å². The molecule has 1 atom stereocenters. The summed E-state index contributed by atoms with van der Waals surface area (Å²) in [5.41, 5.74) is 0.0152. The molecule has 1 saturated heterocycles. The number of carbonyl (C=O) groups is 1. The second-order valence-electron chi connectivity index (χ2n) is 9.00. The highest BCUT2D eigenvalue weighted by Gasteiger charge is 2.44. The highest BCUT2D eigenvalue weighted by molar-refractivity contribution is 5.68. The second kappa shape index (κ2) is 8.57. The van der Waals surface area contributed by atoms with Gasteiger partial charge in [-0.3, -0.25) is 0 Å². The first kappa shape index (κ1) is 20.3. The number of likely N-dealkylation sites (tertiary alicyclic amines) is 1. The molecule has 1 spiro atoms. The maximum Gasteiger partial charge on any atom is 0.410 e. The van der Waals surface area contributed by atoms with Crippen LogP contribution in [-0.4, -0.2) is 42.3 Å². The van der Waals surface area contributed by atoms with E-state index in [9.17, 15) is 4.79 Å². The van der Waals surface area contributed by atoms with E-state index in [2.05, 4.69) is 31.3 Å². The van der Waals surface area contributed by atoms with Gasteiger partial charge >= 0.3 is 6.09 Å². The van der Waals surface area contributed by atoms with Crippen LogP contribution in [0, 0.1) is 11.3 Å². The minimum atomic E-state index is -0.411. The first-order valence-corrected chi connectivity index (χ1v) is 10.1. The third-order valence-corrected chi connectivity index (χ3v) is 5.98. The molecule has 1 amide bonds. The predicted molar refractivity (Wildman–Crippen MR) is 104 cm³/mol. The fourth-order valence-corrected chi connectivity index (χ4v) is 4.34. The molecule has 2 rings (SSSR count). The molecule has 1 aliphatic carbocycles. The zero-order chi connectivity index (χ0) is 18.5. The van der Waals surface area contributed by atoms with Crippen LogP contribution in [-0.2, 0) is 4.74 Å². The lowest BCUT2D eigenvalue weighted by Crippen LogP contribution is -2.52. The monoisotopic (exact) mass is 350 g/mol. The Hall–Kier alpha value is -1.03. The molecule has 0 aromatic rings. The number of amides is 1. The maximum atomic E-state index is 12.3. The van der Waals surface area contributed by atoms with Crippen molar-refractivity contribution in [1.82, 2.24) is 10.2 Å². The largest absolute Gasteiger partial charge is 0.444 e. The van der Waals surface area contributed by atoms with E-state index in [0.717, 1.165) is 32.5 Å². The lowest BCUT2D eigenvalue weighted by atomic mass is 9.62. The molecule has 1 heterocycles. The average molecular weight is 351 g/mol. The molecule has 144 valence electrons. The van der Waals surface area contributed by atoms with E-state index < -0.39 is 5.60 Å². The Bertz CT molecular complexity index is 459. The van der Waals surface area contributed by atoms with Crippen LogP contribution in [0.1, 0.15) is 73.1 Å². The summed E-state index contributed by atoms with van der Waals surface area (Å²) in [6.07, 6.45) is 11.6. The minimum Gasteiger partial charge on any atom is -0.444 e. The smallest absolute Gasteiger partial charge is 0.410 e. The first-order valence-electron chi connectivity index (χ1n) is 10.1. The number of carbonyl (C=O) groups excluding carboxylic acids is 1. The zero-order valence-electron chi connectivity index (χ0n) is 16.9. The fourth-order valence-electron chi connectivity index (χ4n) is 4.34. The van der Waals surface area contributed by atoms with Crippen molar-refractivity contribution in [3.8, 4) is 0 Å². The Morgan fingerprint density at radius 3 is 2.48 bits per heavy atom. The molecule has 0 bridgehead atoms. The van der Waals surface area contributed by atoms with E-state index in [4.69, 9.17) is 4.74 Å². The molecule has 1 aliphatic heterocycles. The van der Waals surface area contributed by atoms with Crippen LogP contribution in [0.5, 0.6) is 0 Å². The summed E-state index contributed by atoms with van der Waals surface area (Å²) in [6.45, 7) is 13.0. The number of hydrogen-bond donors (Lipinski definition) is 1. The van der Waals surface area contributed by atoms with Gasteiger partial charge in [0.1, 0.15) is 5.60 Å². The van der Waals surface area contributed by atoms with Gasteiger partial charge in [-0.2, -0.15) is 0 Å². The van der Waals surface area contributed by atoms with Crippen LogP contribution < -0.4 is 5.32 Å². The fraction of sp³-hybridized carbons (Fsp3) is 0.857. The van der Waals surface area contributed by atoms with E-state index in [0.29, 0.717) is 17.4 Å². The van der Waals surface area contributed by atoms with Gasteiger partial charge in [0.15, 0.2) is 0 Å². The van der Waals surface area contributed by atoms with Crippen molar-refractivity contribution in [3.05, 3.63) is 12.2 Å². The molecule has 4 heteroatoms. The van der Waals surface area contributed by atoms with Crippen LogP contribution in [0.15, 0.2) is 12.2 Å². The molecule has 1 saturated carbocycles. The summed E-state index contributed by atoms with van der Waals surface area (Å²) in [6, 6.07) is 0.656. The number of rotatable bonds is 4. The van der Waals surface area contributed by atoms with Crippen molar-refractivity contribution in [2.45, 2.75) is 84.8 Å². The number of nitrogens with zero attached hydrogens (tertiary/aromatic N) is 1. The van der Waals surface area contributed by atoms with Crippen molar-refractivity contribution in [1.29, 1.82) is 0 Å². The summed E-state index contributed by atoms with van der Waals surface area (Å²) >= 11 is 0. The summed E-state index contributed by atoms with van der Waals surface area (Å²) in [5, 5.41) is 3.67. The Morgan fingerprint density at radius 2 is 1.92 bits per heavy atom. The average Bonchev–Trinajstić information content (AvgIpc) is 2.54. The minimum absolute atomic E-state index is 0.146. The first-order chi connectivity index (χ1) is 11.8. The van der Waals surface area contributed by atoms with Crippen LogP contribution in [0.3, 0.4) is 0 Å².